The molecule has 2 amide bonds. The van der Waals surface area contributed by atoms with Crippen LogP contribution in [0.15, 0.2) is 92.9 Å². The zero-order chi connectivity index (χ0) is 23.7. The van der Waals surface area contributed by atoms with Gasteiger partial charge < -0.3 is 14.8 Å². The number of thioether (sulfide) groups is 2. The van der Waals surface area contributed by atoms with Crippen molar-refractivity contribution >= 4 is 41.3 Å². The summed E-state index contributed by atoms with van der Waals surface area (Å²) in [5, 5.41) is 12.3. The maximum Gasteiger partial charge on any atom is 0.353 e. The predicted molar refractivity (Wildman–Crippen MR) is 130 cm³/mol. The summed E-state index contributed by atoms with van der Waals surface area (Å²) < 4.78 is 5.53. The van der Waals surface area contributed by atoms with Crippen molar-refractivity contribution in [1.82, 2.24) is 10.2 Å². The van der Waals surface area contributed by atoms with Gasteiger partial charge in [0.1, 0.15) is 22.9 Å². The van der Waals surface area contributed by atoms with E-state index in [4.69, 9.17) is 4.42 Å². The Bertz CT molecular complexity index is 1270. The average molecular weight is 493 g/mol. The highest BCUT2D eigenvalue weighted by Crippen LogP contribution is 2.46. The highest BCUT2D eigenvalue weighted by atomic mass is 32.2. The number of amides is 2. The molecule has 1 saturated heterocycles. The quantitative estimate of drug-likeness (QED) is 0.481. The van der Waals surface area contributed by atoms with E-state index >= 15 is 0 Å². The van der Waals surface area contributed by atoms with Crippen molar-refractivity contribution in [3.63, 3.8) is 0 Å². The van der Waals surface area contributed by atoms with Gasteiger partial charge in [0.15, 0.2) is 0 Å². The van der Waals surface area contributed by atoms with Crippen LogP contribution in [0.2, 0.25) is 0 Å². The topological polar surface area (TPSA) is 99.9 Å². The first kappa shape index (κ1) is 22.4. The number of hydrogen-bond acceptors (Lipinski definition) is 6. The molecule has 2 atom stereocenters. The minimum absolute atomic E-state index is 0.0263. The summed E-state index contributed by atoms with van der Waals surface area (Å²) >= 11 is 2.77. The summed E-state index contributed by atoms with van der Waals surface area (Å²) in [6.07, 6.45) is 1.75. The third-order valence-corrected chi connectivity index (χ3v) is 8.19. The molecule has 2 aliphatic rings. The van der Waals surface area contributed by atoms with Crippen LogP contribution < -0.4 is 5.32 Å². The Hall–Kier alpha value is -3.43. The summed E-state index contributed by atoms with van der Waals surface area (Å²) in [6, 6.07) is 19.7. The summed E-state index contributed by atoms with van der Waals surface area (Å²) in [7, 11) is 0. The molecular weight excluding hydrogens is 472 g/mol. The maximum atomic E-state index is 12.9. The first-order chi connectivity index (χ1) is 16.5. The number of carbonyl (C=O) groups is 3. The fourth-order valence-corrected chi connectivity index (χ4v) is 6.61. The van der Waals surface area contributed by atoms with Crippen molar-refractivity contribution in [1.29, 1.82) is 0 Å². The standard InChI is InChI=1S/C25H20N2O5S2/c28-20(13-15-7-2-1-3-8-15)26-21-23(29)27-22(25(30)31)19(14-33-24(21)27)34-18-11-5-4-9-16(18)17-10-6-12-32-17/h1-12,21,24H,13-14H2,(H,26,28)(H,30,31)/t21-,24-/m1/s1. The summed E-state index contributed by atoms with van der Waals surface area (Å²) in [5.74, 6) is -0.737. The van der Waals surface area contributed by atoms with Crippen LogP contribution in [0.3, 0.4) is 0 Å². The number of nitrogens with one attached hydrogen (secondary N) is 1. The van der Waals surface area contributed by atoms with E-state index in [0.29, 0.717) is 16.4 Å². The van der Waals surface area contributed by atoms with E-state index in [-0.39, 0.29) is 18.0 Å². The van der Waals surface area contributed by atoms with Gasteiger partial charge in [-0.25, -0.2) is 4.79 Å². The predicted octanol–water partition coefficient (Wildman–Crippen LogP) is 3.98. The zero-order valence-electron chi connectivity index (χ0n) is 17.8. The van der Waals surface area contributed by atoms with Gasteiger partial charge >= 0.3 is 5.97 Å². The molecule has 0 unspecified atom stereocenters. The lowest BCUT2D eigenvalue weighted by molar-refractivity contribution is -0.150. The van der Waals surface area contributed by atoms with Gasteiger partial charge in [0.05, 0.1) is 12.7 Å². The van der Waals surface area contributed by atoms with Gasteiger partial charge in [0, 0.05) is 21.1 Å². The van der Waals surface area contributed by atoms with Crippen LogP contribution in [-0.4, -0.2) is 45.0 Å². The lowest BCUT2D eigenvalue weighted by atomic mass is 10.0. The number of furan rings is 1. The van der Waals surface area contributed by atoms with Crippen molar-refractivity contribution in [2.45, 2.75) is 22.7 Å². The molecule has 0 spiro atoms. The van der Waals surface area contributed by atoms with E-state index in [2.05, 4.69) is 5.32 Å². The SMILES string of the molecule is O=C(Cc1ccccc1)N[C@@H]1C(=O)N2C(C(=O)O)=C(Sc3ccccc3-c3ccco3)CS[C@H]12. The van der Waals surface area contributed by atoms with E-state index in [1.165, 1.54) is 28.4 Å². The molecule has 0 bridgehead atoms. The van der Waals surface area contributed by atoms with Crippen LogP contribution in [0, 0.1) is 0 Å². The first-order valence-electron chi connectivity index (χ1n) is 10.6. The molecule has 5 rings (SSSR count). The summed E-state index contributed by atoms with van der Waals surface area (Å²) in [5.41, 5.74) is 1.67. The van der Waals surface area contributed by atoms with E-state index in [0.717, 1.165) is 16.0 Å². The Balaban J connectivity index is 1.35. The number of benzene rings is 2. The normalized spacial score (nSPS) is 19.4. The van der Waals surface area contributed by atoms with Crippen molar-refractivity contribution in [2.75, 3.05) is 5.75 Å². The van der Waals surface area contributed by atoms with Gasteiger partial charge in [-0.3, -0.25) is 14.5 Å². The number of nitrogens with zero attached hydrogens (tertiary/aromatic N) is 1. The molecule has 3 aromatic rings. The minimum atomic E-state index is -1.16. The van der Waals surface area contributed by atoms with Crippen LogP contribution >= 0.6 is 23.5 Å². The molecule has 2 N–H and O–H groups in total. The lowest BCUT2D eigenvalue weighted by Gasteiger charge is -2.49. The molecule has 0 aliphatic carbocycles. The third-order valence-electron chi connectivity index (χ3n) is 5.57. The monoisotopic (exact) mass is 492 g/mol. The summed E-state index contributed by atoms with van der Waals surface area (Å²) in [6.45, 7) is 0. The second-order valence-electron chi connectivity index (χ2n) is 7.77. The maximum absolute atomic E-state index is 12.9. The Kier molecular flexibility index (Phi) is 6.21. The van der Waals surface area contributed by atoms with Crippen molar-refractivity contribution in [3.8, 4) is 11.3 Å². The number of β-lactam (4-membered cyclic amide) rings is 1. The fourth-order valence-electron chi connectivity index (χ4n) is 4.00. The largest absolute Gasteiger partial charge is 0.477 e. The molecule has 3 heterocycles. The first-order valence-corrected chi connectivity index (χ1v) is 12.4. The van der Waals surface area contributed by atoms with Gasteiger partial charge in [-0.05, 0) is 23.8 Å². The fraction of sp³-hybridized carbons (Fsp3) is 0.160. The van der Waals surface area contributed by atoms with Crippen LogP contribution in [0.4, 0.5) is 0 Å². The Labute approximate surface area is 204 Å². The van der Waals surface area contributed by atoms with Crippen molar-refractivity contribution in [2.24, 2.45) is 0 Å². The van der Waals surface area contributed by atoms with Gasteiger partial charge in [-0.1, -0.05) is 60.3 Å². The third kappa shape index (κ3) is 4.24. The molecule has 2 aromatic carbocycles. The number of carboxylic acid groups (broad SMARTS) is 1. The van der Waals surface area contributed by atoms with E-state index in [1.807, 2.05) is 60.7 Å². The van der Waals surface area contributed by atoms with Crippen molar-refractivity contribution < 1.29 is 23.9 Å². The van der Waals surface area contributed by atoms with Crippen molar-refractivity contribution in [3.05, 3.63) is 89.2 Å². The molecule has 172 valence electrons. The molecule has 0 radical (unpaired) electrons. The highest BCUT2D eigenvalue weighted by molar-refractivity contribution is 8.06. The number of fused-ring (bicyclic) bond motifs is 1. The van der Waals surface area contributed by atoms with E-state index in [9.17, 15) is 19.5 Å². The minimum Gasteiger partial charge on any atom is -0.477 e. The Morgan fingerprint density at radius 2 is 1.85 bits per heavy atom. The lowest BCUT2D eigenvalue weighted by Crippen LogP contribution is -2.70. The number of carbonyl (C=O) groups excluding carboxylic acids is 2. The molecule has 1 aromatic heterocycles. The van der Waals surface area contributed by atoms with E-state index < -0.39 is 23.3 Å². The number of rotatable bonds is 7. The van der Waals surface area contributed by atoms with Crippen LogP contribution in [0.5, 0.6) is 0 Å². The van der Waals surface area contributed by atoms with Gasteiger partial charge in [0.25, 0.3) is 5.91 Å². The second kappa shape index (κ2) is 9.44. The molecule has 7 nitrogen and oxygen atoms in total. The number of hydrogen-bond donors (Lipinski definition) is 2. The molecule has 0 saturated carbocycles. The second-order valence-corrected chi connectivity index (χ2v) is 10.0. The Morgan fingerprint density at radius 1 is 1.09 bits per heavy atom. The summed E-state index contributed by atoms with van der Waals surface area (Å²) in [4.78, 5) is 40.3. The van der Waals surface area contributed by atoms with Gasteiger partial charge in [-0.15, -0.1) is 11.8 Å². The Morgan fingerprint density at radius 3 is 2.59 bits per heavy atom. The smallest absolute Gasteiger partial charge is 0.353 e. The average Bonchev–Trinajstić information content (AvgIpc) is 3.38. The number of aliphatic carboxylic acids is 1. The molecule has 9 heteroatoms. The van der Waals surface area contributed by atoms with Gasteiger partial charge in [0.2, 0.25) is 5.91 Å². The molecule has 34 heavy (non-hydrogen) atoms. The van der Waals surface area contributed by atoms with Crippen LogP contribution in [0.25, 0.3) is 11.3 Å². The zero-order valence-corrected chi connectivity index (χ0v) is 19.5. The number of carboxylic acids is 1. The van der Waals surface area contributed by atoms with Gasteiger partial charge in [-0.2, -0.15) is 0 Å². The molecule has 2 aliphatic heterocycles. The molecule has 1 fully saturated rings. The highest BCUT2D eigenvalue weighted by Gasteiger charge is 2.54. The van der Waals surface area contributed by atoms with Crippen LogP contribution in [0.1, 0.15) is 5.56 Å². The van der Waals surface area contributed by atoms with Crippen LogP contribution in [-0.2, 0) is 20.8 Å². The van der Waals surface area contributed by atoms with E-state index in [1.54, 1.807) is 12.3 Å². The molecular formula is C25H20N2O5S2.